The first-order valence-electron chi connectivity index (χ1n) is 7.40. The van der Waals surface area contributed by atoms with Gasteiger partial charge in [-0.15, -0.1) is 0 Å². The molecule has 0 aromatic rings. The van der Waals surface area contributed by atoms with Gasteiger partial charge in [0.05, 0.1) is 0 Å². The molecule has 1 aliphatic rings. The minimum absolute atomic E-state index is 0.206. The largest absolute Gasteiger partial charge is 0.375 e. The van der Waals surface area contributed by atoms with E-state index in [4.69, 9.17) is 0 Å². The fourth-order valence-electron chi connectivity index (χ4n) is 2.76. The summed E-state index contributed by atoms with van der Waals surface area (Å²) < 4.78 is 0. The zero-order valence-electron chi connectivity index (χ0n) is 12.4. The number of carbonyl (C=O) groups is 2. The lowest BCUT2D eigenvalue weighted by Gasteiger charge is -2.32. The van der Waals surface area contributed by atoms with Gasteiger partial charge < -0.3 is 14.5 Å². The number of ketones is 2. The highest BCUT2D eigenvalue weighted by atomic mass is 16.1. The maximum absolute atomic E-state index is 11.3. The van der Waals surface area contributed by atoms with E-state index < -0.39 is 0 Å². The normalized spacial score (nSPS) is 17.1. The third kappa shape index (κ3) is 6.55. The Balaban J connectivity index is 2.46. The van der Waals surface area contributed by atoms with Crippen molar-refractivity contribution in [3.8, 4) is 0 Å². The van der Waals surface area contributed by atoms with E-state index in [0.717, 1.165) is 31.6 Å². The van der Waals surface area contributed by atoms with Gasteiger partial charge in [-0.1, -0.05) is 6.58 Å². The van der Waals surface area contributed by atoms with E-state index in [1.807, 2.05) is 0 Å². The topological polar surface area (TPSA) is 37.4 Å². The van der Waals surface area contributed by atoms with E-state index >= 15 is 0 Å². The molecule has 0 aromatic carbocycles. The molecule has 0 aliphatic carbocycles. The molecule has 0 aromatic heterocycles. The van der Waals surface area contributed by atoms with E-state index in [2.05, 4.69) is 11.5 Å². The van der Waals surface area contributed by atoms with Crippen LogP contribution in [0.4, 0.5) is 0 Å². The van der Waals surface area contributed by atoms with E-state index in [0.29, 0.717) is 12.8 Å². The van der Waals surface area contributed by atoms with Crippen molar-refractivity contribution in [2.45, 2.75) is 58.8 Å². The van der Waals surface area contributed by atoms with Crippen LogP contribution in [-0.4, -0.2) is 29.6 Å². The Hall–Kier alpha value is -1.12. The Morgan fingerprint density at radius 3 is 2.21 bits per heavy atom. The van der Waals surface area contributed by atoms with Crippen molar-refractivity contribution >= 4 is 11.6 Å². The number of hydrogen-bond donors (Lipinski definition) is 0. The minimum atomic E-state index is 0.206. The SMILES string of the molecule is C=C(C[C@@H](CCC(C)=O)CC(C)=O)N1CCCCC1. The molecule has 1 rings (SSSR count). The van der Waals surface area contributed by atoms with E-state index in [-0.39, 0.29) is 17.5 Å². The van der Waals surface area contributed by atoms with Gasteiger partial charge in [0.1, 0.15) is 11.6 Å². The molecular formula is C16H27NO2. The average Bonchev–Trinajstić information content (AvgIpc) is 2.36. The Labute approximate surface area is 117 Å². The number of carbonyl (C=O) groups excluding carboxylic acids is 2. The lowest BCUT2D eigenvalue weighted by molar-refractivity contribution is -0.119. The fourth-order valence-corrected chi connectivity index (χ4v) is 2.76. The summed E-state index contributed by atoms with van der Waals surface area (Å²) in [5.41, 5.74) is 1.15. The lowest BCUT2D eigenvalue weighted by atomic mass is 9.91. The molecule has 0 saturated carbocycles. The van der Waals surface area contributed by atoms with Gasteiger partial charge >= 0.3 is 0 Å². The second kappa shape index (κ2) is 8.13. The average molecular weight is 265 g/mol. The van der Waals surface area contributed by atoms with Crippen LogP contribution < -0.4 is 0 Å². The number of piperidine rings is 1. The summed E-state index contributed by atoms with van der Waals surface area (Å²) >= 11 is 0. The van der Waals surface area contributed by atoms with Crippen LogP contribution in [0.25, 0.3) is 0 Å². The first-order valence-corrected chi connectivity index (χ1v) is 7.40. The van der Waals surface area contributed by atoms with E-state index in [1.165, 1.54) is 19.3 Å². The Morgan fingerprint density at radius 1 is 1.05 bits per heavy atom. The number of Topliss-reactive ketones (excluding diaryl/α,β-unsaturated/α-hetero) is 2. The van der Waals surface area contributed by atoms with Crippen LogP contribution >= 0.6 is 0 Å². The molecule has 0 N–H and O–H groups in total. The molecule has 0 unspecified atom stereocenters. The summed E-state index contributed by atoms with van der Waals surface area (Å²) in [6.07, 6.45) is 6.60. The van der Waals surface area contributed by atoms with Gasteiger partial charge in [0.2, 0.25) is 0 Å². The molecule has 1 saturated heterocycles. The van der Waals surface area contributed by atoms with Crippen LogP contribution in [0.3, 0.4) is 0 Å². The predicted octanol–water partition coefficient (Wildman–Crippen LogP) is 3.34. The van der Waals surface area contributed by atoms with Crippen molar-refractivity contribution in [1.82, 2.24) is 4.90 Å². The third-order valence-corrected chi connectivity index (χ3v) is 3.81. The van der Waals surface area contributed by atoms with Gasteiger partial charge in [0.15, 0.2) is 0 Å². The van der Waals surface area contributed by atoms with Crippen molar-refractivity contribution in [3.05, 3.63) is 12.3 Å². The van der Waals surface area contributed by atoms with Gasteiger partial charge in [0, 0.05) is 31.6 Å². The van der Waals surface area contributed by atoms with Crippen LogP contribution in [0.15, 0.2) is 12.3 Å². The summed E-state index contributed by atoms with van der Waals surface area (Å²) in [5, 5.41) is 0. The number of nitrogens with zero attached hydrogens (tertiary/aromatic N) is 1. The number of rotatable bonds is 8. The van der Waals surface area contributed by atoms with Gasteiger partial charge in [-0.2, -0.15) is 0 Å². The maximum atomic E-state index is 11.3. The summed E-state index contributed by atoms with van der Waals surface area (Å²) in [6, 6.07) is 0. The van der Waals surface area contributed by atoms with Crippen LogP contribution in [-0.2, 0) is 9.59 Å². The zero-order chi connectivity index (χ0) is 14.3. The second-order valence-corrected chi connectivity index (χ2v) is 5.83. The van der Waals surface area contributed by atoms with Crippen LogP contribution in [0.2, 0.25) is 0 Å². The van der Waals surface area contributed by atoms with Crippen molar-refractivity contribution in [1.29, 1.82) is 0 Å². The summed E-state index contributed by atoms with van der Waals surface area (Å²) in [5.74, 6) is 0.688. The quantitative estimate of drug-likeness (QED) is 0.675. The van der Waals surface area contributed by atoms with Crippen LogP contribution in [0.5, 0.6) is 0 Å². The first kappa shape index (κ1) is 15.9. The maximum Gasteiger partial charge on any atom is 0.130 e. The standard InChI is InChI=1S/C16H27NO2/c1-13(17-9-5-4-6-10-17)11-16(12-15(3)19)8-7-14(2)18/h16H,1,4-12H2,2-3H3/t16-/m1/s1. The van der Waals surface area contributed by atoms with Crippen molar-refractivity contribution in [2.24, 2.45) is 5.92 Å². The first-order chi connectivity index (χ1) is 8.99. The third-order valence-electron chi connectivity index (χ3n) is 3.81. The molecule has 19 heavy (non-hydrogen) atoms. The molecule has 1 aliphatic heterocycles. The second-order valence-electron chi connectivity index (χ2n) is 5.83. The zero-order valence-corrected chi connectivity index (χ0v) is 12.4. The fraction of sp³-hybridized carbons (Fsp3) is 0.750. The lowest BCUT2D eigenvalue weighted by Crippen LogP contribution is -2.29. The molecule has 0 spiro atoms. The van der Waals surface area contributed by atoms with Crippen LogP contribution in [0, 0.1) is 5.92 Å². The van der Waals surface area contributed by atoms with Crippen molar-refractivity contribution < 1.29 is 9.59 Å². The molecule has 0 amide bonds. The number of likely N-dealkylation sites (tertiary alicyclic amines) is 1. The minimum Gasteiger partial charge on any atom is -0.375 e. The van der Waals surface area contributed by atoms with Crippen LogP contribution in [0.1, 0.15) is 58.8 Å². The van der Waals surface area contributed by atoms with Gasteiger partial charge in [0.25, 0.3) is 0 Å². The smallest absolute Gasteiger partial charge is 0.130 e. The molecule has 1 heterocycles. The van der Waals surface area contributed by atoms with Gasteiger partial charge in [-0.05, 0) is 51.9 Å². The van der Waals surface area contributed by atoms with E-state index in [1.54, 1.807) is 13.8 Å². The molecular weight excluding hydrogens is 238 g/mol. The number of allylic oxidation sites excluding steroid dienone is 1. The molecule has 1 fully saturated rings. The van der Waals surface area contributed by atoms with E-state index in [9.17, 15) is 9.59 Å². The van der Waals surface area contributed by atoms with Gasteiger partial charge in [-0.25, -0.2) is 0 Å². The van der Waals surface area contributed by atoms with Crippen molar-refractivity contribution in [3.63, 3.8) is 0 Å². The van der Waals surface area contributed by atoms with Gasteiger partial charge in [-0.3, -0.25) is 0 Å². The monoisotopic (exact) mass is 265 g/mol. The highest BCUT2D eigenvalue weighted by molar-refractivity contribution is 5.76. The summed E-state index contributed by atoms with van der Waals surface area (Å²) in [7, 11) is 0. The molecule has 3 nitrogen and oxygen atoms in total. The van der Waals surface area contributed by atoms with Crippen molar-refractivity contribution in [2.75, 3.05) is 13.1 Å². The Bertz CT molecular complexity index is 330. The molecule has 3 heteroatoms. The Kier molecular flexibility index (Phi) is 6.82. The highest BCUT2D eigenvalue weighted by Crippen LogP contribution is 2.24. The highest BCUT2D eigenvalue weighted by Gasteiger charge is 2.18. The number of hydrogen-bond acceptors (Lipinski definition) is 3. The summed E-state index contributed by atoms with van der Waals surface area (Å²) in [6.45, 7) is 9.62. The molecule has 0 bridgehead atoms. The predicted molar refractivity (Wildman–Crippen MR) is 77.9 cm³/mol. The molecule has 108 valence electrons. The summed E-state index contributed by atoms with van der Waals surface area (Å²) in [4.78, 5) is 24.8. The molecule has 1 atom stereocenters. The molecule has 0 radical (unpaired) electrons. The Morgan fingerprint density at radius 2 is 1.68 bits per heavy atom.